The lowest BCUT2D eigenvalue weighted by atomic mass is 10.1. The van der Waals surface area contributed by atoms with E-state index in [4.69, 9.17) is 11.6 Å². The van der Waals surface area contributed by atoms with E-state index in [9.17, 15) is 14.9 Å². The molecule has 1 amide bonds. The number of nitrogens with one attached hydrogen (secondary N) is 1. The van der Waals surface area contributed by atoms with Crippen LogP contribution in [0.25, 0.3) is 0 Å². The molecule has 0 atom stereocenters. The van der Waals surface area contributed by atoms with E-state index < -0.39 is 10.8 Å². The van der Waals surface area contributed by atoms with E-state index in [0.717, 1.165) is 0 Å². The van der Waals surface area contributed by atoms with Crippen molar-refractivity contribution in [3.8, 4) is 0 Å². The number of amides is 1. The summed E-state index contributed by atoms with van der Waals surface area (Å²) in [5, 5.41) is 14.1. The highest BCUT2D eigenvalue weighted by molar-refractivity contribution is 9.10. The second-order valence-corrected chi connectivity index (χ2v) is 5.55. The van der Waals surface area contributed by atoms with Crippen molar-refractivity contribution in [2.75, 3.05) is 5.32 Å². The Morgan fingerprint density at radius 1 is 1.33 bits per heavy atom. The topological polar surface area (TPSA) is 72.2 Å². The SMILES string of the molecule is Cc1c(C(=O)Nc2ccc(Cl)c(Br)c2)cccc1[N+](=O)[O-]. The van der Waals surface area contributed by atoms with Gasteiger partial charge in [-0.3, -0.25) is 14.9 Å². The summed E-state index contributed by atoms with van der Waals surface area (Å²) in [6.07, 6.45) is 0. The van der Waals surface area contributed by atoms with Crippen LogP contribution in [-0.4, -0.2) is 10.8 Å². The molecule has 0 saturated heterocycles. The largest absolute Gasteiger partial charge is 0.322 e. The Morgan fingerprint density at radius 2 is 2.05 bits per heavy atom. The fourth-order valence-corrected chi connectivity index (χ4v) is 2.34. The number of hydrogen-bond donors (Lipinski definition) is 1. The maximum Gasteiger partial charge on any atom is 0.273 e. The highest BCUT2D eigenvalue weighted by Gasteiger charge is 2.18. The molecule has 0 aliphatic heterocycles. The minimum absolute atomic E-state index is 0.0834. The molecule has 0 aliphatic carbocycles. The Labute approximate surface area is 134 Å². The quantitative estimate of drug-likeness (QED) is 0.636. The maximum absolute atomic E-state index is 12.2. The Kier molecular flexibility index (Phi) is 4.59. The molecule has 0 spiro atoms. The van der Waals surface area contributed by atoms with Crippen molar-refractivity contribution in [3.63, 3.8) is 0 Å². The van der Waals surface area contributed by atoms with Crippen molar-refractivity contribution >= 4 is 44.8 Å². The molecule has 2 rings (SSSR count). The first-order valence-corrected chi connectivity index (χ1v) is 7.07. The molecule has 1 N–H and O–H groups in total. The van der Waals surface area contributed by atoms with Crippen molar-refractivity contribution in [1.82, 2.24) is 0 Å². The van der Waals surface area contributed by atoms with E-state index in [1.807, 2.05) is 0 Å². The molecule has 0 heterocycles. The molecular formula is C14H10BrClN2O3. The van der Waals surface area contributed by atoms with Gasteiger partial charge in [-0.15, -0.1) is 0 Å². The Hall–Kier alpha value is -1.92. The first-order valence-electron chi connectivity index (χ1n) is 5.90. The van der Waals surface area contributed by atoms with Gasteiger partial charge in [0, 0.05) is 27.4 Å². The third-order valence-electron chi connectivity index (χ3n) is 2.92. The van der Waals surface area contributed by atoms with Crippen molar-refractivity contribution in [3.05, 3.63) is 67.1 Å². The summed E-state index contributed by atoms with van der Waals surface area (Å²) in [6.45, 7) is 1.55. The second-order valence-electron chi connectivity index (χ2n) is 4.29. The number of nitrogens with zero attached hydrogens (tertiary/aromatic N) is 1. The van der Waals surface area contributed by atoms with Crippen LogP contribution in [0.5, 0.6) is 0 Å². The summed E-state index contributed by atoms with van der Waals surface area (Å²) in [7, 11) is 0. The zero-order valence-electron chi connectivity index (χ0n) is 10.9. The normalized spacial score (nSPS) is 10.2. The number of rotatable bonds is 3. The lowest BCUT2D eigenvalue weighted by Gasteiger charge is -2.08. The zero-order valence-corrected chi connectivity index (χ0v) is 13.2. The zero-order chi connectivity index (χ0) is 15.6. The number of carbonyl (C=O) groups excluding carboxylic acids is 1. The Balaban J connectivity index is 2.30. The van der Waals surface area contributed by atoms with Crippen LogP contribution in [0.2, 0.25) is 5.02 Å². The van der Waals surface area contributed by atoms with Crippen LogP contribution in [0, 0.1) is 17.0 Å². The minimum atomic E-state index is -0.509. The smallest absolute Gasteiger partial charge is 0.273 e. The van der Waals surface area contributed by atoms with Crippen LogP contribution in [0.15, 0.2) is 40.9 Å². The molecule has 2 aromatic rings. The second kappa shape index (κ2) is 6.24. The number of carbonyl (C=O) groups is 1. The first-order chi connectivity index (χ1) is 9.90. The molecule has 2 aromatic carbocycles. The van der Waals surface area contributed by atoms with Gasteiger partial charge in [-0.05, 0) is 47.1 Å². The van der Waals surface area contributed by atoms with Crippen LogP contribution >= 0.6 is 27.5 Å². The van der Waals surface area contributed by atoms with Gasteiger partial charge in [0.25, 0.3) is 11.6 Å². The molecule has 7 heteroatoms. The van der Waals surface area contributed by atoms with E-state index in [2.05, 4.69) is 21.2 Å². The van der Waals surface area contributed by atoms with Crippen molar-refractivity contribution < 1.29 is 9.72 Å². The first kappa shape index (κ1) is 15.5. The monoisotopic (exact) mass is 368 g/mol. The highest BCUT2D eigenvalue weighted by atomic mass is 79.9. The number of nitro benzene ring substituents is 1. The number of nitro groups is 1. The van der Waals surface area contributed by atoms with Crippen molar-refractivity contribution in [1.29, 1.82) is 0 Å². The predicted octanol–water partition coefficient (Wildman–Crippen LogP) is 4.57. The summed E-state index contributed by atoms with van der Waals surface area (Å²) >= 11 is 9.15. The molecular weight excluding hydrogens is 360 g/mol. The number of anilines is 1. The highest BCUT2D eigenvalue weighted by Crippen LogP contribution is 2.27. The number of hydrogen-bond acceptors (Lipinski definition) is 3. The van der Waals surface area contributed by atoms with Gasteiger partial charge in [0.2, 0.25) is 0 Å². The van der Waals surface area contributed by atoms with Crippen LogP contribution in [0.3, 0.4) is 0 Å². The van der Waals surface area contributed by atoms with Gasteiger partial charge in [-0.1, -0.05) is 17.7 Å². The molecule has 0 bridgehead atoms. The molecule has 0 aromatic heterocycles. The summed E-state index contributed by atoms with van der Waals surface area (Å²) in [5.41, 5.74) is 1.05. The van der Waals surface area contributed by atoms with Crippen LogP contribution in [0.1, 0.15) is 15.9 Å². The summed E-state index contributed by atoms with van der Waals surface area (Å²) in [5.74, 6) is -0.412. The third kappa shape index (κ3) is 3.40. The van der Waals surface area contributed by atoms with Crippen LogP contribution < -0.4 is 5.32 Å². The van der Waals surface area contributed by atoms with E-state index >= 15 is 0 Å². The summed E-state index contributed by atoms with van der Waals surface area (Å²) < 4.78 is 0.651. The molecule has 0 aliphatic rings. The molecule has 21 heavy (non-hydrogen) atoms. The lowest BCUT2D eigenvalue weighted by molar-refractivity contribution is -0.385. The Bertz CT molecular complexity index is 734. The minimum Gasteiger partial charge on any atom is -0.322 e. The van der Waals surface area contributed by atoms with Gasteiger partial charge < -0.3 is 5.32 Å². The lowest BCUT2D eigenvalue weighted by Crippen LogP contribution is -2.14. The Morgan fingerprint density at radius 3 is 2.67 bits per heavy atom. The van der Waals surface area contributed by atoms with E-state index in [1.165, 1.54) is 12.1 Å². The molecule has 0 fully saturated rings. The van der Waals surface area contributed by atoms with Crippen LogP contribution in [0.4, 0.5) is 11.4 Å². The summed E-state index contributed by atoms with van der Waals surface area (Å²) in [4.78, 5) is 22.6. The van der Waals surface area contributed by atoms with Gasteiger partial charge in [0.15, 0.2) is 0 Å². The fraction of sp³-hybridized carbons (Fsp3) is 0.0714. The number of benzene rings is 2. The predicted molar refractivity (Wildman–Crippen MR) is 84.9 cm³/mol. The van der Waals surface area contributed by atoms with Crippen molar-refractivity contribution in [2.45, 2.75) is 6.92 Å². The van der Waals surface area contributed by atoms with Gasteiger partial charge in [0.05, 0.1) is 9.95 Å². The van der Waals surface area contributed by atoms with E-state index in [-0.39, 0.29) is 11.3 Å². The van der Waals surface area contributed by atoms with E-state index in [1.54, 1.807) is 31.2 Å². The fourth-order valence-electron chi connectivity index (χ4n) is 1.84. The van der Waals surface area contributed by atoms with Crippen LogP contribution in [-0.2, 0) is 0 Å². The molecule has 0 radical (unpaired) electrons. The van der Waals surface area contributed by atoms with Gasteiger partial charge in [0.1, 0.15) is 0 Å². The van der Waals surface area contributed by atoms with Gasteiger partial charge >= 0.3 is 0 Å². The van der Waals surface area contributed by atoms with E-state index in [0.29, 0.717) is 20.7 Å². The maximum atomic E-state index is 12.2. The third-order valence-corrected chi connectivity index (χ3v) is 4.14. The van der Waals surface area contributed by atoms with Crippen molar-refractivity contribution in [2.24, 2.45) is 0 Å². The average Bonchev–Trinajstić information content (AvgIpc) is 2.42. The summed E-state index contributed by atoms with van der Waals surface area (Å²) in [6, 6.07) is 9.34. The molecule has 5 nitrogen and oxygen atoms in total. The van der Waals surface area contributed by atoms with Gasteiger partial charge in [-0.2, -0.15) is 0 Å². The molecule has 0 unspecified atom stereocenters. The standard InChI is InChI=1S/C14H10BrClN2O3/c1-8-10(3-2-4-13(8)18(20)21)14(19)17-9-5-6-12(16)11(15)7-9/h2-7H,1H3,(H,17,19). The average molecular weight is 370 g/mol. The van der Waals surface area contributed by atoms with Gasteiger partial charge in [-0.25, -0.2) is 0 Å². The molecule has 0 saturated carbocycles. The number of halogens is 2. The molecule has 108 valence electrons.